The van der Waals surface area contributed by atoms with Crippen LogP contribution in [0.2, 0.25) is 0 Å². The van der Waals surface area contributed by atoms with Gasteiger partial charge in [0, 0.05) is 12.7 Å². The molecule has 0 saturated heterocycles. The molecule has 0 bridgehead atoms. The van der Waals surface area contributed by atoms with Crippen LogP contribution in [-0.4, -0.2) is 19.0 Å². The standard InChI is InChI=1S/C11H17N5/c1-7-4-5-9(8(2)6-7)16(3)11(14)15-10(12)13/h4-6H,1-3H3,(H5,12,13,14,15). The highest BCUT2D eigenvalue weighted by molar-refractivity contribution is 6.03. The molecule has 0 aliphatic carbocycles. The van der Waals surface area contributed by atoms with E-state index in [0.29, 0.717) is 0 Å². The first-order valence-corrected chi connectivity index (χ1v) is 4.92. The van der Waals surface area contributed by atoms with E-state index >= 15 is 0 Å². The quantitative estimate of drug-likeness (QED) is 0.422. The van der Waals surface area contributed by atoms with Gasteiger partial charge in [-0.15, -0.1) is 0 Å². The predicted molar refractivity (Wildman–Crippen MR) is 67.1 cm³/mol. The predicted octanol–water partition coefficient (Wildman–Crippen LogP) is 1.16. The lowest BCUT2D eigenvalue weighted by Crippen LogP contribution is -2.44. The molecule has 5 N–H and O–H groups in total. The SMILES string of the molecule is Cc1ccc(N(C)C(=N)NC(=N)N)c(C)c1. The van der Waals surface area contributed by atoms with Crippen LogP contribution in [0.4, 0.5) is 5.69 Å². The Hall–Kier alpha value is -2.04. The largest absolute Gasteiger partial charge is 0.370 e. The van der Waals surface area contributed by atoms with E-state index < -0.39 is 0 Å². The van der Waals surface area contributed by atoms with Crippen molar-refractivity contribution in [3.8, 4) is 0 Å². The molecule has 86 valence electrons. The normalized spacial score (nSPS) is 9.69. The average molecular weight is 219 g/mol. The molecule has 0 heterocycles. The monoisotopic (exact) mass is 219 g/mol. The maximum absolute atomic E-state index is 7.71. The molecule has 0 amide bonds. The maximum Gasteiger partial charge on any atom is 0.202 e. The zero-order valence-corrected chi connectivity index (χ0v) is 9.76. The van der Waals surface area contributed by atoms with E-state index in [1.54, 1.807) is 11.9 Å². The minimum absolute atomic E-state index is 0.0828. The molecule has 0 fully saturated rings. The summed E-state index contributed by atoms with van der Waals surface area (Å²) < 4.78 is 0. The van der Waals surface area contributed by atoms with Crippen LogP contribution < -0.4 is 16.0 Å². The molecular weight excluding hydrogens is 202 g/mol. The summed E-state index contributed by atoms with van der Waals surface area (Å²) in [4.78, 5) is 1.65. The van der Waals surface area contributed by atoms with Crippen LogP contribution >= 0.6 is 0 Å². The molecule has 0 spiro atoms. The number of guanidine groups is 2. The Morgan fingerprint density at radius 2 is 1.94 bits per heavy atom. The Labute approximate surface area is 95.3 Å². The number of hydrogen-bond acceptors (Lipinski definition) is 2. The van der Waals surface area contributed by atoms with Gasteiger partial charge in [0.1, 0.15) is 0 Å². The van der Waals surface area contributed by atoms with Gasteiger partial charge in [-0.2, -0.15) is 0 Å². The van der Waals surface area contributed by atoms with Gasteiger partial charge in [0.2, 0.25) is 5.96 Å². The van der Waals surface area contributed by atoms with Crippen LogP contribution in [0.25, 0.3) is 0 Å². The lowest BCUT2D eigenvalue weighted by molar-refractivity contribution is 1.10. The molecule has 0 saturated carbocycles. The third kappa shape index (κ3) is 2.73. The third-order valence-electron chi connectivity index (χ3n) is 2.30. The van der Waals surface area contributed by atoms with Crippen molar-refractivity contribution in [1.29, 1.82) is 10.8 Å². The summed E-state index contributed by atoms with van der Waals surface area (Å²) in [7, 11) is 1.76. The van der Waals surface area contributed by atoms with E-state index in [0.717, 1.165) is 11.3 Å². The Bertz CT molecular complexity index is 424. The van der Waals surface area contributed by atoms with Crippen LogP contribution in [0, 0.1) is 24.7 Å². The number of nitrogens with zero attached hydrogens (tertiary/aromatic N) is 1. The smallest absolute Gasteiger partial charge is 0.202 e. The van der Waals surface area contributed by atoms with Gasteiger partial charge in [-0.25, -0.2) is 0 Å². The van der Waals surface area contributed by atoms with Gasteiger partial charge in [-0.1, -0.05) is 17.7 Å². The van der Waals surface area contributed by atoms with Crippen molar-refractivity contribution in [3.63, 3.8) is 0 Å². The van der Waals surface area contributed by atoms with Crippen molar-refractivity contribution < 1.29 is 0 Å². The first-order chi connectivity index (χ1) is 7.41. The summed E-state index contributed by atoms with van der Waals surface area (Å²) in [6.07, 6.45) is 0. The number of rotatable bonds is 1. The molecule has 5 nitrogen and oxygen atoms in total. The second-order valence-electron chi connectivity index (χ2n) is 3.74. The van der Waals surface area contributed by atoms with Crippen LogP contribution in [0.3, 0.4) is 0 Å². The van der Waals surface area contributed by atoms with E-state index in [1.807, 2.05) is 32.0 Å². The Morgan fingerprint density at radius 1 is 1.31 bits per heavy atom. The number of anilines is 1. The fourth-order valence-electron chi connectivity index (χ4n) is 1.51. The van der Waals surface area contributed by atoms with Gasteiger partial charge < -0.3 is 10.6 Å². The van der Waals surface area contributed by atoms with E-state index in [9.17, 15) is 0 Å². The zero-order chi connectivity index (χ0) is 12.3. The van der Waals surface area contributed by atoms with Crippen LogP contribution in [-0.2, 0) is 0 Å². The van der Waals surface area contributed by atoms with Crippen molar-refractivity contribution in [1.82, 2.24) is 5.32 Å². The van der Waals surface area contributed by atoms with Gasteiger partial charge in [0.15, 0.2) is 5.96 Å². The first-order valence-electron chi connectivity index (χ1n) is 4.92. The van der Waals surface area contributed by atoms with Gasteiger partial charge in [0.25, 0.3) is 0 Å². The second kappa shape index (κ2) is 4.65. The maximum atomic E-state index is 7.71. The Kier molecular flexibility index (Phi) is 3.50. The minimum atomic E-state index is -0.235. The van der Waals surface area contributed by atoms with Crippen molar-refractivity contribution in [2.45, 2.75) is 13.8 Å². The number of benzene rings is 1. The summed E-state index contributed by atoms with van der Waals surface area (Å²) in [5.41, 5.74) is 8.36. The highest BCUT2D eigenvalue weighted by atomic mass is 15.3. The molecule has 0 atom stereocenters. The molecular formula is C11H17N5. The molecule has 5 heteroatoms. The zero-order valence-electron chi connectivity index (χ0n) is 9.76. The minimum Gasteiger partial charge on any atom is -0.370 e. The molecule has 0 unspecified atom stereocenters. The van der Waals surface area contributed by atoms with E-state index in [2.05, 4.69) is 5.32 Å². The van der Waals surface area contributed by atoms with Gasteiger partial charge in [-0.3, -0.25) is 16.1 Å². The Balaban J connectivity index is 2.91. The lowest BCUT2D eigenvalue weighted by atomic mass is 10.1. The average Bonchev–Trinajstić information content (AvgIpc) is 2.15. The second-order valence-corrected chi connectivity index (χ2v) is 3.74. The van der Waals surface area contributed by atoms with Crippen LogP contribution in [0.5, 0.6) is 0 Å². The van der Waals surface area contributed by atoms with E-state index in [1.165, 1.54) is 5.56 Å². The third-order valence-corrected chi connectivity index (χ3v) is 2.30. The van der Waals surface area contributed by atoms with Gasteiger partial charge in [0.05, 0.1) is 0 Å². The summed E-state index contributed by atoms with van der Waals surface area (Å²) in [5.74, 6) is -0.152. The van der Waals surface area contributed by atoms with Crippen molar-refractivity contribution in [2.24, 2.45) is 5.73 Å². The first kappa shape index (κ1) is 12.0. The molecule has 1 rings (SSSR count). The summed E-state index contributed by atoms with van der Waals surface area (Å²) in [6, 6.07) is 5.98. The number of nitrogens with two attached hydrogens (primary N) is 1. The number of aryl methyl sites for hydroxylation is 2. The highest BCUT2D eigenvalue weighted by Crippen LogP contribution is 2.19. The summed E-state index contributed by atoms with van der Waals surface area (Å²) in [6.45, 7) is 4.01. The lowest BCUT2D eigenvalue weighted by Gasteiger charge is -2.22. The van der Waals surface area contributed by atoms with Crippen molar-refractivity contribution in [3.05, 3.63) is 29.3 Å². The van der Waals surface area contributed by atoms with Crippen molar-refractivity contribution >= 4 is 17.6 Å². The highest BCUT2D eigenvalue weighted by Gasteiger charge is 2.09. The topological polar surface area (TPSA) is 89.0 Å². The van der Waals surface area contributed by atoms with Crippen molar-refractivity contribution in [2.75, 3.05) is 11.9 Å². The molecule has 0 radical (unpaired) electrons. The number of hydrogen-bond donors (Lipinski definition) is 4. The van der Waals surface area contributed by atoms with Gasteiger partial charge in [-0.05, 0) is 25.5 Å². The molecule has 0 aliphatic heterocycles. The molecule has 16 heavy (non-hydrogen) atoms. The summed E-state index contributed by atoms with van der Waals surface area (Å²) in [5, 5.41) is 17.2. The fraction of sp³-hybridized carbons (Fsp3) is 0.273. The number of nitrogens with one attached hydrogen (secondary N) is 3. The van der Waals surface area contributed by atoms with Crippen LogP contribution in [0.15, 0.2) is 18.2 Å². The van der Waals surface area contributed by atoms with Crippen LogP contribution in [0.1, 0.15) is 11.1 Å². The molecule has 1 aromatic carbocycles. The molecule has 0 aromatic heterocycles. The summed E-state index contributed by atoms with van der Waals surface area (Å²) >= 11 is 0. The van der Waals surface area contributed by atoms with E-state index in [-0.39, 0.29) is 11.9 Å². The molecule has 1 aromatic rings. The van der Waals surface area contributed by atoms with E-state index in [4.69, 9.17) is 16.6 Å². The Morgan fingerprint density at radius 3 is 2.44 bits per heavy atom. The fourth-order valence-corrected chi connectivity index (χ4v) is 1.51. The van der Waals surface area contributed by atoms with Gasteiger partial charge >= 0.3 is 0 Å². The molecule has 0 aliphatic rings.